The van der Waals surface area contributed by atoms with Gasteiger partial charge >= 0.3 is 11.1 Å². The number of para-hydroxylation sites is 2. The fourth-order valence-electron chi connectivity index (χ4n) is 3.06. The molecule has 1 aromatic carbocycles. The van der Waals surface area contributed by atoms with Gasteiger partial charge in [-0.25, -0.2) is 0 Å². The zero-order valence-electron chi connectivity index (χ0n) is 14.8. The van der Waals surface area contributed by atoms with Gasteiger partial charge in [0.25, 0.3) is 0 Å². The van der Waals surface area contributed by atoms with Crippen molar-refractivity contribution in [3.8, 4) is 0 Å². The van der Waals surface area contributed by atoms with Crippen LogP contribution in [-0.2, 0) is 18.4 Å². The van der Waals surface area contributed by atoms with Crippen molar-refractivity contribution in [2.75, 3.05) is 0 Å². The zero-order valence-corrected chi connectivity index (χ0v) is 15.6. The third kappa shape index (κ3) is 3.48. The highest BCUT2D eigenvalue weighted by molar-refractivity contribution is 7.10. The van der Waals surface area contributed by atoms with Crippen LogP contribution in [0, 0.1) is 0 Å². The molecular formula is C19H21N3O3S. The van der Waals surface area contributed by atoms with Crippen LogP contribution in [0.3, 0.4) is 0 Å². The molecule has 0 aliphatic heterocycles. The third-order valence-electron chi connectivity index (χ3n) is 4.37. The first-order valence-corrected chi connectivity index (χ1v) is 9.42. The Bertz CT molecular complexity index is 1030. The number of nitrogens with one attached hydrogen (secondary N) is 1. The van der Waals surface area contributed by atoms with Crippen LogP contribution in [-0.4, -0.2) is 15.0 Å². The highest BCUT2D eigenvalue weighted by Crippen LogP contribution is 2.23. The molecular weight excluding hydrogens is 350 g/mol. The fraction of sp³-hybridized carbons (Fsp3) is 0.316. The monoisotopic (exact) mass is 371 g/mol. The molecule has 0 saturated heterocycles. The largest absolute Gasteiger partial charge is 0.347 e. The fourth-order valence-corrected chi connectivity index (χ4v) is 3.87. The summed E-state index contributed by atoms with van der Waals surface area (Å²) in [6.45, 7) is 1.88. The van der Waals surface area contributed by atoms with Gasteiger partial charge in [-0.15, -0.1) is 11.3 Å². The number of carbonyl (C=O) groups excluding carboxylic acids is 1. The third-order valence-corrected chi connectivity index (χ3v) is 5.35. The predicted molar refractivity (Wildman–Crippen MR) is 104 cm³/mol. The van der Waals surface area contributed by atoms with E-state index in [9.17, 15) is 14.4 Å². The van der Waals surface area contributed by atoms with Gasteiger partial charge in [0.2, 0.25) is 5.91 Å². The Morgan fingerprint density at radius 1 is 1.12 bits per heavy atom. The topological polar surface area (TPSA) is 73.1 Å². The molecule has 7 heteroatoms. The summed E-state index contributed by atoms with van der Waals surface area (Å²) in [5, 5.41) is 4.97. The molecule has 0 aliphatic rings. The second-order valence-electron chi connectivity index (χ2n) is 6.17. The number of nitrogens with zero attached hydrogens (tertiary/aromatic N) is 2. The molecule has 0 bridgehead atoms. The maximum Gasteiger partial charge on any atom is 0.317 e. The number of amides is 1. The van der Waals surface area contributed by atoms with Crippen molar-refractivity contribution >= 4 is 28.3 Å². The minimum absolute atomic E-state index is 0.0824. The van der Waals surface area contributed by atoms with Crippen LogP contribution < -0.4 is 16.4 Å². The van der Waals surface area contributed by atoms with Crippen molar-refractivity contribution in [3.63, 3.8) is 0 Å². The van der Waals surface area contributed by atoms with Crippen LogP contribution in [0.1, 0.15) is 30.7 Å². The van der Waals surface area contributed by atoms with Crippen molar-refractivity contribution in [3.05, 3.63) is 67.4 Å². The number of carbonyl (C=O) groups is 1. The smallest absolute Gasteiger partial charge is 0.317 e. The van der Waals surface area contributed by atoms with E-state index in [1.165, 1.54) is 9.13 Å². The summed E-state index contributed by atoms with van der Waals surface area (Å²) in [5.74, 6) is -0.280. The minimum atomic E-state index is -0.690. The lowest BCUT2D eigenvalue weighted by Crippen LogP contribution is -2.43. The van der Waals surface area contributed by atoms with Gasteiger partial charge < -0.3 is 9.88 Å². The van der Waals surface area contributed by atoms with E-state index in [4.69, 9.17) is 0 Å². The predicted octanol–water partition coefficient (Wildman–Crippen LogP) is 2.42. The SMILES string of the molecule is CCC[C@H](NC(=O)Cn1c(=O)c(=O)n(C)c2ccccc21)c1cccs1. The second-order valence-corrected chi connectivity index (χ2v) is 7.15. The van der Waals surface area contributed by atoms with Crippen molar-refractivity contribution in [2.45, 2.75) is 32.4 Å². The van der Waals surface area contributed by atoms with E-state index in [0.29, 0.717) is 11.0 Å². The summed E-state index contributed by atoms with van der Waals surface area (Å²) in [5.41, 5.74) is -0.143. The van der Waals surface area contributed by atoms with E-state index in [2.05, 4.69) is 12.2 Å². The average molecular weight is 371 g/mol. The first-order valence-electron chi connectivity index (χ1n) is 8.54. The van der Waals surface area contributed by atoms with E-state index in [1.54, 1.807) is 42.6 Å². The molecule has 0 aliphatic carbocycles. The Hall–Kier alpha value is -2.67. The van der Waals surface area contributed by atoms with Gasteiger partial charge in [0, 0.05) is 11.9 Å². The number of benzene rings is 1. The van der Waals surface area contributed by atoms with Crippen LogP contribution in [0.2, 0.25) is 0 Å². The Kier molecular flexibility index (Phi) is 5.37. The lowest BCUT2D eigenvalue weighted by molar-refractivity contribution is -0.122. The molecule has 0 radical (unpaired) electrons. The van der Waals surface area contributed by atoms with Crippen molar-refractivity contribution < 1.29 is 4.79 Å². The zero-order chi connectivity index (χ0) is 18.7. The molecule has 1 atom stereocenters. The number of hydrogen-bond donors (Lipinski definition) is 1. The van der Waals surface area contributed by atoms with Gasteiger partial charge in [-0.1, -0.05) is 31.5 Å². The van der Waals surface area contributed by atoms with Crippen LogP contribution in [0.15, 0.2) is 51.4 Å². The molecule has 1 N–H and O–H groups in total. The molecule has 3 rings (SSSR count). The number of rotatable bonds is 6. The van der Waals surface area contributed by atoms with Crippen LogP contribution in [0.4, 0.5) is 0 Å². The summed E-state index contributed by atoms with van der Waals surface area (Å²) >= 11 is 1.59. The average Bonchev–Trinajstić information content (AvgIpc) is 3.18. The Labute approximate surface area is 154 Å². The van der Waals surface area contributed by atoms with Gasteiger partial charge in [-0.05, 0) is 30.0 Å². The van der Waals surface area contributed by atoms with E-state index in [-0.39, 0.29) is 18.5 Å². The number of aryl methyl sites for hydroxylation is 1. The van der Waals surface area contributed by atoms with Crippen molar-refractivity contribution in [1.82, 2.24) is 14.5 Å². The minimum Gasteiger partial charge on any atom is -0.347 e. The number of aromatic nitrogens is 2. The molecule has 2 heterocycles. The first kappa shape index (κ1) is 18.1. The van der Waals surface area contributed by atoms with Gasteiger partial charge in [-0.2, -0.15) is 0 Å². The Balaban J connectivity index is 1.92. The molecule has 26 heavy (non-hydrogen) atoms. The molecule has 0 spiro atoms. The number of fused-ring (bicyclic) bond motifs is 1. The standard InChI is InChI=1S/C19H21N3O3S/c1-3-7-13(16-10-6-11-26-16)20-17(23)12-22-15-9-5-4-8-14(15)21(2)18(24)19(22)25/h4-6,8-11,13H,3,7,12H2,1-2H3,(H,20,23)/t13-/m0/s1. The maximum atomic E-state index is 12.6. The molecule has 3 aromatic rings. The van der Waals surface area contributed by atoms with Crippen LogP contribution >= 0.6 is 11.3 Å². The second kappa shape index (κ2) is 7.70. The Morgan fingerprint density at radius 3 is 2.50 bits per heavy atom. The quantitative estimate of drug-likeness (QED) is 0.677. The van der Waals surface area contributed by atoms with Crippen molar-refractivity contribution in [2.24, 2.45) is 7.05 Å². The summed E-state index contributed by atoms with van der Waals surface area (Å²) in [6, 6.07) is 10.9. The molecule has 0 fully saturated rings. The summed E-state index contributed by atoms with van der Waals surface area (Å²) in [6.07, 6.45) is 1.75. The van der Waals surface area contributed by atoms with Crippen LogP contribution in [0.5, 0.6) is 0 Å². The van der Waals surface area contributed by atoms with Crippen LogP contribution in [0.25, 0.3) is 11.0 Å². The molecule has 0 unspecified atom stereocenters. The molecule has 136 valence electrons. The van der Waals surface area contributed by atoms with Gasteiger partial charge in [0.05, 0.1) is 17.1 Å². The van der Waals surface area contributed by atoms with E-state index >= 15 is 0 Å². The summed E-state index contributed by atoms with van der Waals surface area (Å²) in [7, 11) is 1.56. The Morgan fingerprint density at radius 2 is 1.85 bits per heavy atom. The lowest BCUT2D eigenvalue weighted by atomic mass is 10.1. The molecule has 1 amide bonds. The maximum absolute atomic E-state index is 12.6. The number of hydrogen-bond acceptors (Lipinski definition) is 4. The number of thiophene rings is 1. The van der Waals surface area contributed by atoms with Gasteiger partial charge in [-0.3, -0.25) is 19.0 Å². The van der Waals surface area contributed by atoms with Gasteiger partial charge in [0.1, 0.15) is 6.54 Å². The highest BCUT2D eigenvalue weighted by Gasteiger charge is 2.17. The molecule has 2 aromatic heterocycles. The lowest BCUT2D eigenvalue weighted by Gasteiger charge is -2.18. The first-order chi connectivity index (χ1) is 12.5. The van der Waals surface area contributed by atoms with Crippen molar-refractivity contribution in [1.29, 1.82) is 0 Å². The van der Waals surface area contributed by atoms with E-state index < -0.39 is 11.1 Å². The van der Waals surface area contributed by atoms with E-state index in [1.807, 2.05) is 17.5 Å². The molecule has 6 nitrogen and oxygen atoms in total. The highest BCUT2D eigenvalue weighted by atomic mass is 32.1. The summed E-state index contributed by atoms with van der Waals surface area (Å²) in [4.78, 5) is 38.3. The summed E-state index contributed by atoms with van der Waals surface area (Å²) < 4.78 is 2.57. The molecule has 0 saturated carbocycles. The van der Waals surface area contributed by atoms with Gasteiger partial charge in [0.15, 0.2) is 0 Å². The van der Waals surface area contributed by atoms with E-state index in [0.717, 1.165) is 17.7 Å². The normalized spacial score (nSPS) is 12.2.